The molecule has 2 heterocycles. The summed E-state index contributed by atoms with van der Waals surface area (Å²) in [5.74, 6) is 1.26. The molecule has 0 saturated carbocycles. The minimum atomic E-state index is -4.39. The highest BCUT2D eigenvalue weighted by Gasteiger charge is 2.31. The molecule has 1 aliphatic rings. The summed E-state index contributed by atoms with van der Waals surface area (Å²) in [5.41, 5.74) is -0.761. The minimum Gasteiger partial charge on any atom is -0.353 e. The second kappa shape index (κ2) is 9.05. The first-order chi connectivity index (χ1) is 13.3. The highest BCUT2D eigenvalue weighted by Crippen LogP contribution is 2.29. The summed E-state index contributed by atoms with van der Waals surface area (Å²) in [5, 5.41) is 0.681. The van der Waals surface area contributed by atoms with Crippen LogP contribution in [0.2, 0.25) is 5.02 Å². The third kappa shape index (κ3) is 5.54. The first-order valence-electron chi connectivity index (χ1n) is 8.77. The van der Waals surface area contributed by atoms with E-state index in [0.29, 0.717) is 49.2 Å². The van der Waals surface area contributed by atoms with E-state index >= 15 is 0 Å². The lowest BCUT2D eigenvalue weighted by atomic mass is 10.2. The highest BCUT2D eigenvalue weighted by atomic mass is 35.5. The smallest absolute Gasteiger partial charge is 0.353 e. The normalized spacial score (nSPS) is 15.0. The topological polar surface area (TPSA) is 36.4 Å². The zero-order chi connectivity index (χ0) is 20.1. The molecule has 0 N–H and O–H groups in total. The van der Waals surface area contributed by atoms with Crippen LogP contribution in [0.5, 0.6) is 0 Å². The minimum absolute atomic E-state index is 0.0847. The van der Waals surface area contributed by atoms with Crippen LogP contribution in [0.4, 0.5) is 19.0 Å². The van der Waals surface area contributed by atoms with E-state index in [1.807, 2.05) is 29.2 Å². The van der Waals surface area contributed by atoms with E-state index in [0.717, 1.165) is 17.2 Å². The van der Waals surface area contributed by atoms with E-state index in [4.69, 9.17) is 11.6 Å². The Kier molecular flexibility index (Phi) is 6.72. The quantitative estimate of drug-likeness (QED) is 0.652. The molecule has 1 saturated heterocycles. The molecule has 4 nitrogen and oxygen atoms in total. The largest absolute Gasteiger partial charge is 0.417 e. The van der Waals surface area contributed by atoms with Crippen LogP contribution >= 0.6 is 23.4 Å². The van der Waals surface area contributed by atoms with Gasteiger partial charge in [0.25, 0.3) is 0 Å². The van der Waals surface area contributed by atoms with E-state index < -0.39 is 11.7 Å². The lowest BCUT2D eigenvalue weighted by Crippen LogP contribution is -2.49. The number of halogens is 4. The van der Waals surface area contributed by atoms with Crippen molar-refractivity contribution in [1.29, 1.82) is 0 Å². The molecule has 28 heavy (non-hydrogen) atoms. The molecule has 0 spiro atoms. The molecule has 150 valence electrons. The number of rotatable bonds is 5. The molecule has 1 aliphatic heterocycles. The lowest BCUT2D eigenvalue weighted by molar-refractivity contribution is -0.137. The standard InChI is InChI=1S/C19H19ClF3N3OS/c20-15-2-4-16(5-3-15)28-12-7-18(27)26-10-8-25(9-11-26)17-6-1-14(13-24-17)19(21,22)23/h1-6,13H,7-12H2. The summed E-state index contributed by atoms with van der Waals surface area (Å²) in [7, 11) is 0. The summed E-state index contributed by atoms with van der Waals surface area (Å²) in [6.45, 7) is 2.17. The van der Waals surface area contributed by atoms with Crippen molar-refractivity contribution in [3.63, 3.8) is 0 Å². The van der Waals surface area contributed by atoms with Crippen LogP contribution in [-0.2, 0) is 11.0 Å². The molecule has 1 fully saturated rings. The average molecular weight is 430 g/mol. The van der Waals surface area contributed by atoms with E-state index in [2.05, 4.69) is 4.98 Å². The predicted octanol–water partition coefficient (Wildman–Crippen LogP) is 4.58. The maximum Gasteiger partial charge on any atom is 0.417 e. The van der Waals surface area contributed by atoms with Gasteiger partial charge in [0.2, 0.25) is 5.91 Å². The van der Waals surface area contributed by atoms with Gasteiger partial charge in [-0.15, -0.1) is 11.8 Å². The second-order valence-electron chi connectivity index (χ2n) is 6.32. The van der Waals surface area contributed by atoms with Gasteiger partial charge in [0.05, 0.1) is 5.56 Å². The average Bonchev–Trinajstić information content (AvgIpc) is 2.69. The van der Waals surface area contributed by atoms with Crippen molar-refractivity contribution in [1.82, 2.24) is 9.88 Å². The van der Waals surface area contributed by atoms with Gasteiger partial charge in [-0.05, 0) is 36.4 Å². The van der Waals surface area contributed by atoms with E-state index in [-0.39, 0.29) is 5.91 Å². The number of aromatic nitrogens is 1. The molecule has 0 aliphatic carbocycles. The predicted molar refractivity (Wildman–Crippen MR) is 105 cm³/mol. The monoisotopic (exact) mass is 429 g/mol. The summed E-state index contributed by atoms with van der Waals surface area (Å²) < 4.78 is 37.9. The van der Waals surface area contributed by atoms with Crippen molar-refractivity contribution in [2.75, 3.05) is 36.8 Å². The number of amides is 1. The number of piperazine rings is 1. The van der Waals surface area contributed by atoms with Gasteiger partial charge in [-0.3, -0.25) is 4.79 Å². The van der Waals surface area contributed by atoms with Crippen LogP contribution in [0.3, 0.4) is 0 Å². The van der Waals surface area contributed by atoms with Crippen molar-refractivity contribution in [3.05, 3.63) is 53.2 Å². The number of pyridine rings is 1. The molecule has 0 atom stereocenters. The Bertz CT molecular complexity index is 792. The second-order valence-corrected chi connectivity index (χ2v) is 7.93. The SMILES string of the molecule is O=C(CCSc1ccc(Cl)cc1)N1CCN(c2ccc(C(F)(F)F)cn2)CC1. The summed E-state index contributed by atoms with van der Waals surface area (Å²) in [6.07, 6.45) is -3.10. The van der Waals surface area contributed by atoms with Gasteiger partial charge in [0, 0.05) is 54.5 Å². The van der Waals surface area contributed by atoms with Gasteiger partial charge >= 0.3 is 6.18 Å². The van der Waals surface area contributed by atoms with Gasteiger partial charge in [0.15, 0.2) is 0 Å². The molecule has 0 bridgehead atoms. The third-order valence-corrected chi connectivity index (χ3v) is 5.70. The molecule has 9 heteroatoms. The summed E-state index contributed by atoms with van der Waals surface area (Å²) in [4.78, 5) is 21.0. The molecular weight excluding hydrogens is 411 g/mol. The van der Waals surface area contributed by atoms with Gasteiger partial charge in [-0.1, -0.05) is 11.6 Å². The van der Waals surface area contributed by atoms with Crippen LogP contribution in [0, 0.1) is 0 Å². The Labute approximate surface area is 170 Å². The van der Waals surface area contributed by atoms with Crippen LogP contribution in [0.15, 0.2) is 47.5 Å². The highest BCUT2D eigenvalue weighted by molar-refractivity contribution is 7.99. The first-order valence-corrected chi connectivity index (χ1v) is 10.1. The van der Waals surface area contributed by atoms with E-state index in [1.54, 1.807) is 16.7 Å². The number of benzene rings is 1. The molecule has 1 amide bonds. The molecule has 0 radical (unpaired) electrons. The fourth-order valence-corrected chi connectivity index (χ4v) is 3.84. The summed E-state index contributed by atoms with van der Waals surface area (Å²) >= 11 is 7.46. The number of carbonyl (C=O) groups excluding carboxylic acids is 1. The molecule has 1 aromatic carbocycles. The maximum atomic E-state index is 12.6. The molecule has 0 unspecified atom stereocenters. The van der Waals surface area contributed by atoms with Crippen molar-refractivity contribution >= 4 is 35.1 Å². The Hall–Kier alpha value is -1.93. The van der Waals surface area contributed by atoms with Gasteiger partial charge in [0.1, 0.15) is 5.82 Å². The zero-order valence-electron chi connectivity index (χ0n) is 15.0. The fourth-order valence-electron chi connectivity index (χ4n) is 2.87. The summed E-state index contributed by atoms with van der Waals surface area (Å²) in [6, 6.07) is 9.90. The van der Waals surface area contributed by atoms with Crippen LogP contribution < -0.4 is 4.90 Å². The van der Waals surface area contributed by atoms with Crippen molar-refractivity contribution in [3.8, 4) is 0 Å². The van der Waals surface area contributed by atoms with Gasteiger partial charge in [-0.25, -0.2) is 4.98 Å². The first kappa shape index (κ1) is 20.8. The van der Waals surface area contributed by atoms with Crippen LogP contribution in [0.1, 0.15) is 12.0 Å². The molecule has 3 rings (SSSR count). The number of nitrogens with zero attached hydrogens (tertiary/aromatic N) is 3. The number of anilines is 1. The number of hydrogen-bond acceptors (Lipinski definition) is 4. The zero-order valence-corrected chi connectivity index (χ0v) is 16.5. The number of alkyl halides is 3. The Morgan fingerprint density at radius 3 is 2.32 bits per heavy atom. The Morgan fingerprint density at radius 1 is 1.07 bits per heavy atom. The maximum absolute atomic E-state index is 12.6. The Morgan fingerprint density at radius 2 is 1.75 bits per heavy atom. The van der Waals surface area contributed by atoms with E-state index in [1.165, 1.54) is 6.07 Å². The van der Waals surface area contributed by atoms with Crippen molar-refractivity contribution in [2.45, 2.75) is 17.5 Å². The van der Waals surface area contributed by atoms with Crippen molar-refractivity contribution in [2.24, 2.45) is 0 Å². The number of hydrogen-bond donors (Lipinski definition) is 0. The van der Waals surface area contributed by atoms with Crippen molar-refractivity contribution < 1.29 is 18.0 Å². The third-order valence-electron chi connectivity index (χ3n) is 4.43. The van der Waals surface area contributed by atoms with E-state index in [9.17, 15) is 18.0 Å². The van der Waals surface area contributed by atoms with Crippen LogP contribution in [-0.4, -0.2) is 47.7 Å². The lowest BCUT2D eigenvalue weighted by Gasteiger charge is -2.35. The molecular formula is C19H19ClF3N3OS. The van der Waals surface area contributed by atoms with Gasteiger partial charge < -0.3 is 9.80 Å². The fraction of sp³-hybridized carbons (Fsp3) is 0.368. The number of thioether (sulfide) groups is 1. The van der Waals surface area contributed by atoms with Gasteiger partial charge in [-0.2, -0.15) is 13.2 Å². The molecule has 2 aromatic rings. The molecule has 1 aromatic heterocycles. The Balaban J connectivity index is 1.44. The van der Waals surface area contributed by atoms with Crippen LogP contribution in [0.25, 0.3) is 0 Å². The number of carbonyl (C=O) groups is 1.